The zero-order valence-corrected chi connectivity index (χ0v) is 15.6. The van der Waals surface area contributed by atoms with Gasteiger partial charge in [0.15, 0.2) is 0 Å². The average Bonchev–Trinajstić information content (AvgIpc) is 2.61. The third-order valence-corrected chi connectivity index (χ3v) is 4.84. The minimum atomic E-state index is -0.576. The molecule has 2 amide bonds. The summed E-state index contributed by atoms with van der Waals surface area (Å²) in [5.41, 5.74) is 1.68. The summed E-state index contributed by atoms with van der Waals surface area (Å²) in [4.78, 5) is 26.5. The second-order valence-electron chi connectivity index (χ2n) is 7.13. The second kappa shape index (κ2) is 7.47. The highest BCUT2D eigenvalue weighted by Crippen LogP contribution is 2.28. The summed E-state index contributed by atoms with van der Waals surface area (Å²) in [6.45, 7) is 6.21. The molecule has 1 fully saturated rings. The first kappa shape index (κ1) is 19.0. The molecule has 0 aromatic heterocycles. The van der Waals surface area contributed by atoms with Gasteiger partial charge in [-0.3, -0.25) is 9.59 Å². The minimum Gasteiger partial charge on any atom is -0.353 e. The highest BCUT2D eigenvalue weighted by Gasteiger charge is 2.35. The molecule has 0 radical (unpaired) electrons. The van der Waals surface area contributed by atoms with Gasteiger partial charge in [0.25, 0.3) is 5.91 Å². The first-order valence-corrected chi connectivity index (χ1v) is 8.94. The van der Waals surface area contributed by atoms with E-state index in [9.17, 15) is 18.4 Å². The van der Waals surface area contributed by atoms with Crippen LogP contribution in [-0.4, -0.2) is 35.8 Å². The lowest BCUT2D eigenvalue weighted by atomic mass is 9.96. The van der Waals surface area contributed by atoms with Crippen molar-refractivity contribution in [2.75, 3.05) is 13.1 Å². The van der Waals surface area contributed by atoms with E-state index in [4.69, 9.17) is 0 Å². The monoisotopic (exact) mass is 372 g/mol. The molecule has 1 N–H and O–H groups in total. The van der Waals surface area contributed by atoms with E-state index in [1.165, 1.54) is 35.2 Å². The van der Waals surface area contributed by atoms with Gasteiger partial charge in [0.05, 0.1) is 0 Å². The van der Waals surface area contributed by atoms with Gasteiger partial charge in [-0.05, 0) is 48.2 Å². The lowest BCUT2D eigenvalue weighted by Crippen LogP contribution is -2.59. The summed E-state index contributed by atoms with van der Waals surface area (Å²) in [5, 5.41) is 2.76. The number of carbonyl (C=O) groups excluding carboxylic acids is 2. The Labute approximate surface area is 157 Å². The van der Waals surface area contributed by atoms with Crippen LogP contribution in [-0.2, 0) is 4.79 Å². The van der Waals surface area contributed by atoms with Crippen LogP contribution in [0.25, 0.3) is 11.1 Å². The molecule has 1 aliphatic heterocycles. The van der Waals surface area contributed by atoms with Crippen molar-refractivity contribution < 1.29 is 18.4 Å². The predicted octanol–water partition coefficient (Wildman–Crippen LogP) is 3.54. The predicted molar refractivity (Wildman–Crippen MR) is 99.2 cm³/mol. The molecule has 6 heteroatoms. The number of rotatable bonds is 3. The standard InChI is InChI=1S/C21H22F2N2O2/c1-12(2)19-20(26)24-8-9-25(19)21(27)14-4-6-17(18(23)11-14)16-7-5-15(22)10-13(16)3/h4-7,10-12,19H,8-9H2,1-3H3,(H,24,26)/t19-/m0/s1. The van der Waals surface area contributed by atoms with Crippen molar-refractivity contribution in [1.29, 1.82) is 0 Å². The summed E-state index contributed by atoms with van der Waals surface area (Å²) in [5.74, 6) is -1.56. The number of benzene rings is 2. The average molecular weight is 372 g/mol. The largest absolute Gasteiger partial charge is 0.353 e. The van der Waals surface area contributed by atoms with E-state index in [0.29, 0.717) is 29.8 Å². The number of halogens is 2. The molecule has 0 bridgehead atoms. The molecule has 3 rings (SSSR count). The van der Waals surface area contributed by atoms with Crippen molar-refractivity contribution in [1.82, 2.24) is 10.2 Å². The van der Waals surface area contributed by atoms with Crippen LogP contribution < -0.4 is 5.32 Å². The Balaban J connectivity index is 1.93. The molecule has 142 valence electrons. The van der Waals surface area contributed by atoms with E-state index in [0.717, 1.165) is 0 Å². The topological polar surface area (TPSA) is 49.4 Å². The van der Waals surface area contributed by atoms with Gasteiger partial charge in [0.2, 0.25) is 5.91 Å². The first-order valence-electron chi connectivity index (χ1n) is 8.94. The molecule has 1 heterocycles. The van der Waals surface area contributed by atoms with Gasteiger partial charge in [-0.2, -0.15) is 0 Å². The van der Waals surface area contributed by atoms with Crippen molar-refractivity contribution in [3.8, 4) is 11.1 Å². The maximum Gasteiger partial charge on any atom is 0.254 e. The molecule has 0 aliphatic carbocycles. The van der Waals surface area contributed by atoms with Crippen molar-refractivity contribution in [2.24, 2.45) is 5.92 Å². The number of hydrogen-bond acceptors (Lipinski definition) is 2. The Morgan fingerprint density at radius 1 is 1.15 bits per heavy atom. The highest BCUT2D eigenvalue weighted by molar-refractivity contribution is 5.98. The third kappa shape index (κ3) is 3.70. The fourth-order valence-corrected chi connectivity index (χ4v) is 3.54. The zero-order chi connectivity index (χ0) is 19.7. The molecule has 4 nitrogen and oxygen atoms in total. The van der Waals surface area contributed by atoms with Gasteiger partial charge in [-0.15, -0.1) is 0 Å². The Hall–Kier alpha value is -2.76. The number of amides is 2. The number of nitrogens with one attached hydrogen (secondary N) is 1. The van der Waals surface area contributed by atoms with Crippen molar-refractivity contribution in [2.45, 2.75) is 26.8 Å². The molecule has 1 atom stereocenters. The number of aryl methyl sites for hydroxylation is 1. The van der Waals surface area contributed by atoms with E-state index >= 15 is 0 Å². The summed E-state index contributed by atoms with van der Waals surface area (Å²) >= 11 is 0. The quantitative estimate of drug-likeness (QED) is 0.896. The second-order valence-corrected chi connectivity index (χ2v) is 7.13. The van der Waals surface area contributed by atoms with E-state index in [2.05, 4.69) is 5.32 Å². The zero-order valence-electron chi connectivity index (χ0n) is 15.6. The minimum absolute atomic E-state index is 0.0553. The Bertz CT molecular complexity index is 896. The molecule has 1 aliphatic rings. The van der Waals surface area contributed by atoms with Gasteiger partial charge in [-0.1, -0.05) is 26.0 Å². The van der Waals surface area contributed by atoms with Crippen LogP contribution in [0.1, 0.15) is 29.8 Å². The molecule has 2 aromatic rings. The molecule has 0 spiro atoms. The van der Waals surface area contributed by atoms with Crippen molar-refractivity contribution in [3.05, 3.63) is 59.2 Å². The van der Waals surface area contributed by atoms with E-state index < -0.39 is 11.9 Å². The number of hydrogen-bond donors (Lipinski definition) is 1. The summed E-state index contributed by atoms with van der Waals surface area (Å²) in [6, 6.07) is 7.82. The van der Waals surface area contributed by atoms with E-state index in [1.807, 2.05) is 13.8 Å². The summed E-state index contributed by atoms with van der Waals surface area (Å²) in [6.07, 6.45) is 0. The molecule has 1 saturated heterocycles. The highest BCUT2D eigenvalue weighted by atomic mass is 19.1. The third-order valence-electron chi connectivity index (χ3n) is 4.84. The number of nitrogens with zero attached hydrogens (tertiary/aromatic N) is 1. The van der Waals surface area contributed by atoms with Crippen LogP contribution in [0.2, 0.25) is 0 Å². The van der Waals surface area contributed by atoms with Crippen LogP contribution >= 0.6 is 0 Å². The maximum atomic E-state index is 14.7. The van der Waals surface area contributed by atoms with Gasteiger partial charge in [0.1, 0.15) is 17.7 Å². The van der Waals surface area contributed by atoms with Crippen LogP contribution in [0.4, 0.5) is 8.78 Å². The number of piperazine rings is 1. The first-order chi connectivity index (χ1) is 12.8. The molecular weight excluding hydrogens is 350 g/mol. The fourth-order valence-electron chi connectivity index (χ4n) is 3.54. The summed E-state index contributed by atoms with van der Waals surface area (Å²) < 4.78 is 28.0. The number of carbonyl (C=O) groups is 2. The van der Waals surface area contributed by atoms with Crippen LogP contribution in [0.15, 0.2) is 36.4 Å². The van der Waals surface area contributed by atoms with Crippen LogP contribution in [0.5, 0.6) is 0 Å². The van der Waals surface area contributed by atoms with Crippen LogP contribution in [0.3, 0.4) is 0 Å². The molecule has 27 heavy (non-hydrogen) atoms. The van der Waals surface area contributed by atoms with Gasteiger partial charge in [0, 0.05) is 24.2 Å². The normalized spacial score (nSPS) is 17.2. The molecule has 0 saturated carbocycles. The smallest absolute Gasteiger partial charge is 0.254 e. The van der Waals surface area contributed by atoms with E-state index in [1.54, 1.807) is 13.0 Å². The molecule has 2 aromatic carbocycles. The molecule has 0 unspecified atom stereocenters. The van der Waals surface area contributed by atoms with Crippen molar-refractivity contribution in [3.63, 3.8) is 0 Å². The van der Waals surface area contributed by atoms with Gasteiger partial charge >= 0.3 is 0 Å². The van der Waals surface area contributed by atoms with Crippen LogP contribution in [0, 0.1) is 24.5 Å². The van der Waals surface area contributed by atoms with E-state index in [-0.39, 0.29) is 29.1 Å². The molecular formula is C21H22F2N2O2. The van der Waals surface area contributed by atoms with Gasteiger partial charge in [-0.25, -0.2) is 8.78 Å². The van der Waals surface area contributed by atoms with Gasteiger partial charge < -0.3 is 10.2 Å². The Kier molecular flexibility index (Phi) is 5.26. The SMILES string of the molecule is Cc1cc(F)ccc1-c1ccc(C(=O)N2CCNC(=O)[C@@H]2C(C)C)cc1F. The summed E-state index contributed by atoms with van der Waals surface area (Å²) in [7, 11) is 0. The maximum absolute atomic E-state index is 14.7. The Morgan fingerprint density at radius 3 is 2.48 bits per heavy atom. The fraction of sp³-hybridized carbons (Fsp3) is 0.333. The van der Waals surface area contributed by atoms with Crippen molar-refractivity contribution >= 4 is 11.8 Å². The Morgan fingerprint density at radius 2 is 1.85 bits per heavy atom. The lowest BCUT2D eigenvalue weighted by Gasteiger charge is -2.37. The lowest BCUT2D eigenvalue weighted by molar-refractivity contribution is -0.129.